The molecule has 0 radical (unpaired) electrons. The lowest BCUT2D eigenvalue weighted by atomic mass is 9.84. The van der Waals surface area contributed by atoms with E-state index in [1.165, 1.54) is 6.20 Å². The minimum atomic E-state index is -0.811. The van der Waals surface area contributed by atoms with E-state index in [-0.39, 0.29) is 41.7 Å². The lowest BCUT2D eigenvalue weighted by molar-refractivity contribution is -0.0507. The molecule has 0 spiro atoms. The number of nitrogens with one attached hydrogen (secondary N) is 1. The summed E-state index contributed by atoms with van der Waals surface area (Å²) in [6, 6.07) is 7.05. The molecule has 0 aliphatic carbocycles. The third-order valence-corrected chi connectivity index (χ3v) is 6.32. The number of primary amides is 1. The molecule has 11 heteroatoms. The normalized spacial score (nSPS) is 18.6. The Balaban J connectivity index is 0.00000324. The van der Waals surface area contributed by atoms with E-state index in [1.807, 2.05) is 4.90 Å². The molecule has 1 aromatic heterocycles. The summed E-state index contributed by atoms with van der Waals surface area (Å²) in [5.41, 5.74) is 12.1. The van der Waals surface area contributed by atoms with E-state index in [4.69, 9.17) is 11.5 Å². The minimum absolute atomic E-state index is 0. The van der Waals surface area contributed by atoms with Crippen LogP contribution in [0.25, 0.3) is 0 Å². The van der Waals surface area contributed by atoms with Gasteiger partial charge < -0.3 is 31.7 Å². The van der Waals surface area contributed by atoms with E-state index in [9.17, 15) is 14.7 Å². The Kier molecular flexibility index (Phi) is 7.64. The molecule has 0 bridgehead atoms. The van der Waals surface area contributed by atoms with Gasteiger partial charge in [0.05, 0.1) is 5.60 Å². The van der Waals surface area contributed by atoms with Gasteiger partial charge >= 0.3 is 0 Å². The van der Waals surface area contributed by atoms with Crippen LogP contribution in [0.3, 0.4) is 0 Å². The number of nitrogens with zero attached hydrogens (tertiary/aromatic N) is 4. The number of hydrogen-bond acceptors (Lipinski definition) is 8. The van der Waals surface area contributed by atoms with Crippen LogP contribution >= 0.6 is 12.4 Å². The molecule has 4 rings (SSSR count). The lowest BCUT2D eigenvalue weighted by Gasteiger charge is -2.45. The van der Waals surface area contributed by atoms with Gasteiger partial charge in [-0.1, -0.05) is 6.07 Å². The zero-order valence-corrected chi connectivity index (χ0v) is 20.2. The third-order valence-electron chi connectivity index (χ3n) is 6.32. The van der Waals surface area contributed by atoms with Gasteiger partial charge in [-0.15, -0.1) is 12.4 Å². The van der Waals surface area contributed by atoms with Crippen LogP contribution < -0.4 is 21.7 Å². The van der Waals surface area contributed by atoms with Crippen LogP contribution in [0.4, 0.5) is 17.5 Å². The van der Waals surface area contributed by atoms with Crippen LogP contribution in [-0.2, 0) is 0 Å². The van der Waals surface area contributed by atoms with Gasteiger partial charge in [0.15, 0.2) is 0 Å². The van der Waals surface area contributed by atoms with Crippen LogP contribution in [0.15, 0.2) is 30.5 Å². The third kappa shape index (κ3) is 5.57. The van der Waals surface area contributed by atoms with E-state index in [0.29, 0.717) is 36.8 Å². The van der Waals surface area contributed by atoms with Gasteiger partial charge in [-0.2, -0.15) is 4.98 Å². The van der Waals surface area contributed by atoms with Gasteiger partial charge in [0.2, 0.25) is 5.95 Å². The Hall–Kier alpha value is -2.95. The molecular formula is C23H32ClN7O3. The molecule has 6 N–H and O–H groups in total. The number of aliphatic hydroxyl groups is 1. The summed E-state index contributed by atoms with van der Waals surface area (Å²) in [4.78, 5) is 37.4. The number of amides is 2. The Labute approximate surface area is 205 Å². The maximum absolute atomic E-state index is 12.9. The fourth-order valence-electron chi connectivity index (χ4n) is 4.13. The average molecular weight is 490 g/mol. The smallest absolute Gasteiger partial charge is 0.254 e. The fraction of sp³-hybridized carbons (Fsp3) is 0.478. The van der Waals surface area contributed by atoms with Crippen molar-refractivity contribution in [3.63, 3.8) is 0 Å². The van der Waals surface area contributed by atoms with Crippen molar-refractivity contribution in [2.45, 2.75) is 38.3 Å². The number of carbonyl (C=O) groups excluding carboxylic acids is 2. The predicted molar refractivity (Wildman–Crippen MR) is 133 cm³/mol. The molecule has 3 heterocycles. The summed E-state index contributed by atoms with van der Waals surface area (Å²) in [5, 5.41) is 13.2. The molecule has 2 aromatic rings. The summed E-state index contributed by atoms with van der Waals surface area (Å²) >= 11 is 0. The summed E-state index contributed by atoms with van der Waals surface area (Å²) in [6.07, 6.45) is 3.31. The van der Waals surface area contributed by atoms with E-state index in [2.05, 4.69) is 15.3 Å². The van der Waals surface area contributed by atoms with Crippen molar-refractivity contribution in [1.82, 2.24) is 14.9 Å². The highest BCUT2D eigenvalue weighted by Crippen LogP contribution is 2.29. The molecule has 2 fully saturated rings. The number of carbonyl (C=O) groups is 2. The van der Waals surface area contributed by atoms with Crippen molar-refractivity contribution < 1.29 is 14.7 Å². The first-order valence-corrected chi connectivity index (χ1v) is 11.2. The number of rotatable bonds is 6. The molecule has 2 amide bonds. The van der Waals surface area contributed by atoms with Crippen molar-refractivity contribution in [3.05, 3.63) is 41.6 Å². The van der Waals surface area contributed by atoms with Crippen LogP contribution in [0.2, 0.25) is 0 Å². The zero-order chi connectivity index (χ0) is 23.8. The second-order valence-electron chi connectivity index (χ2n) is 9.41. The zero-order valence-electron chi connectivity index (χ0n) is 19.4. The summed E-state index contributed by atoms with van der Waals surface area (Å²) in [5.74, 6) is 0.0541. The predicted octanol–water partition coefficient (Wildman–Crippen LogP) is 1.51. The molecular weight excluding hydrogens is 458 g/mol. The number of likely N-dealkylation sites (tertiary alicyclic amines) is 1. The maximum Gasteiger partial charge on any atom is 0.254 e. The van der Waals surface area contributed by atoms with Crippen molar-refractivity contribution >= 4 is 41.7 Å². The lowest BCUT2D eigenvalue weighted by Crippen LogP contribution is -2.57. The first-order chi connectivity index (χ1) is 15.6. The molecule has 1 atom stereocenters. The summed E-state index contributed by atoms with van der Waals surface area (Å²) in [7, 11) is 0. The second kappa shape index (κ2) is 10.1. The van der Waals surface area contributed by atoms with E-state index < -0.39 is 11.5 Å². The Morgan fingerprint density at radius 1 is 1.24 bits per heavy atom. The van der Waals surface area contributed by atoms with Gasteiger partial charge in [-0.05, 0) is 44.9 Å². The van der Waals surface area contributed by atoms with Crippen molar-refractivity contribution in [2.75, 3.05) is 36.4 Å². The van der Waals surface area contributed by atoms with Crippen molar-refractivity contribution in [3.8, 4) is 0 Å². The number of nitrogens with two attached hydrogens (primary N) is 2. The average Bonchev–Trinajstić information content (AvgIpc) is 2.71. The van der Waals surface area contributed by atoms with Crippen molar-refractivity contribution in [2.24, 2.45) is 17.4 Å². The van der Waals surface area contributed by atoms with Gasteiger partial charge in [0, 0.05) is 55.6 Å². The molecule has 34 heavy (non-hydrogen) atoms. The highest BCUT2D eigenvalue weighted by atomic mass is 35.5. The molecule has 2 aliphatic rings. The highest BCUT2D eigenvalue weighted by molar-refractivity contribution is 5.99. The summed E-state index contributed by atoms with van der Waals surface area (Å²) < 4.78 is 0. The number of anilines is 3. The standard InChI is InChI=1S/C23H31N7O3.ClH/c1-23(2,33)15-11-30(12-15)21(32)14-5-3-7-17(9-14)27-20-18(19(25)31)10-26-22(28-20)29-8-4-6-16(24)13-29;/h3,5,7,9-10,15-16,33H,4,6,8,11-13,24H2,1-2H3,(H2,25,31)(H,26,27,28);1H/t16-;/m0./s1. The van der Waals surface area contributed by atoms with E-state index >= 15 is 0 Å². The van der Waals surface area contributed by atoms with E-state index in [0.717, 1.165) is 19.4 Å². The SMILES string of the molecule is CC(C)(O)C1CN(C(=O)c2cccc(Nc3nc(N4CCC[C@H](N)C4)ncc3C(N)=O)c2)C1.Cl. The van der Waals surface area contributed by atoms with Crippen LogP contribution in [0.1, 0.15) is 47.4 Å². The summed E-state index contributed by atoms with van der Waals surface area (Å²) in [6.45, 7) is 5.97. The number of benzene rings is 1. The van der Waals surface area contributed by atoms with Gasteiger partial charge in [0.1, 0.15) is 11.4 Å². The molecule has 2 aliphatic heterocycles. The topological polar surface area (TPSA) is 151 Å². The second-order valence-corrected chi connectivity index (χ2v) is 9.41. The van der Waals surface area contributed by atoms with Gasteiger partial charge in [0.25, 0.3) is 11.8 Å². The molecule has 0 saturated carbocycles. The van der Waals surface area contributed by atoms with Gasteiger partial charge in [-0.3, -0.25) is 9.59 Å². The Bertz CT molecular complexity index is 1050. The maximum atomic E-state index is 12.9. The molecule has 184 valence electrons. The highest BCUT2D eigenvalue weighted by Gasteiger charge is 2.39. The number of halogens is 1. The van der Waals surface area contributed by atoms with Crippen molar-refractivity contribution in [1.29, 1.82) is 0 Å². The van der Waals surface area contributed by atoms with E-state index in [1.54, 1.807) is 43.0 Å². The Morgan fingerprint density at radius 3 is 2.62 bits per heavy atom. The number of aromatic nitrogens is 2. The molecule has 2 saturated heterocycles. The molecule has 10 nitrogen and oxygen atoms in total. The molecule has 1 aromatic carbocycles. The number of piperidine rings is 1. The number of hydrogen-bond donors (Lipinski definition) is 4. The van der Waals surface area contributed by atoms with Crippen LogP contribution in [-0.4, -0.2) is 69.6 Å². The monoisotopic (exact) mass is 489 g/mol. The molecule has 0 unspecified atom stereocenters. The minimum Gasteiger partial charge on any atom is -0.390 e. The van der Waals surface area contributed by atoms with Crippen LogP contribution in [0, 0.1) is 5.92 Å². The first-order valence-electron chi connectivity index (χ1n) is 11.2. The largest absolute Gasteiger partial charge is 0.390 e. The van der Waals surface area contributed by atoms with Gasteiger partial charge in [-0.25, -0.2) is 4.98 Å². The first kappa shape index (κ1) is 25.7. The fourth-order valence-corrected chi connectivity index (χ4v) is 4.13. The van der Waals surface area contributed by atoms with Crippen LogP contribution in [0.5, 0.6) is 0 Å². The Morgan fingerprint density at radius 2 is 1.97 bits per heavy atom. The quantitative estimate of drug-likeness (QED) is 0.476.